The molecule has 0 saturated heterocycles. The van der Waals surface area contributed by atoms with Crippen LogP contribution in [0.25, 0.3) is 0 Å². The Morgan fingerprint density at radius 2 is 2.40 bits per heavy atom. The van der Waals surface area contributed by atoms with Gasteiger partial charge in [0.05, 0.1) is 6.54 Å². The molecule has 0 atom stereocenters. The van der Waals surface area contributed by atoms with Crippen LogP contribution < -0.4 is 5.32 Å². The highest BCUT2D eigenvalue weighted by Gasteiger charge is 1.90. The Morgan fingerprint density at radius 3 is 2.93 bits per heavy atom. The lowest BCUT2D eigenvalue weighted by atomic mass is 10.3. The molecule has 76 valence electrons. The second-order valence-corrected chi connectivity index (χ2v) is 2.81. The Morgan fingerprint density at radius 1 is 1.60 bits per heavy atom. The minimum absolute atomic E-state index is 0.117. The van der Waals surface area contributed by atoms with E-state index in [0.29, 0.717) is 17.8 Å². The van der Waals surface area contributed by atoms with Gasteiger partial charge in [0.1, 0.15) is 5.69 Å². The zero-order chi connectivity index (χ0) is 11.1. The molecule has 0 radical (unpaired) electrons. The van der Waals surface area contributed by atoms with Crippen LogP contribution in [0.5, 0.6) is 0 Å². The van der Waals surface area contributed by atoms with Crippen molar-refractivity contribution in [2.45, 2.75) is 6.92 Å². The van der Waals surface area contributed by atoms with Gasteiger partial charge in [-0.2, -0.15) is 0 Å². The lowest BCUT2D eigenvalue weighted by Crippen LogP contribution is -2.19. The minimum atomic E-state index is -0.117. The summed E-state index contributed by atoms with van der Waals surface area (Å²) in [5.74, 6) is 5.38. The van der Waals surface area contributed by atoms with Crippen LogP contribution in [0, 0.1) is 11.8 Å². The maximum absolute atomic E-state index is 10.5. The first-order chi connectivity index (χ1) is 7.22. The van der Waals surface area contributed by atoms with E-state index < -0.39 is 0 Å². The summed E-state index contributed by atoms with van der Waals surface area (Å²) in [6.45, 7) is 1.73. The van der Waals surface area contributed by atoms with Crippen LogP contribution in [0.3, 0.4) is 0 Å². The molecule has 0 bridgehead atoms. The van der Waals surface area contributed by atoms with E-state index in [2.05, 4.69) is 22.1 Å². The van der Waals surface area contributed by atoms with Crippen LogP contribution in [0.1, 0.15) is 23.0 Å². The van der Waals surface area contributed by atoms with Gasteiger partial charge in [-0.1, -0.05) is 5.92 Å². The van der Waals surface area contributed by atoms with Crippen molar-refractivity contribution < 1.29 is 9.59 Å². The summed E-state index contributed by atoms with van der Waals surface area (Å²) in [5, 5.41) is 2.54. The molecule has 4 nitrogen and oxygen atoms in total. The molecule has 0 aliphatic rings. The largest absolute Gasteiger partial charge is 0.345 e. The lowest BCUT2D eigenvalue weighted by Gasteiger charge is -1.92. The SMILES string of the molecule is CC(=O)NCC#Cc1ccc(C=O)cn1. The predicted molar refractivity (Wildman–Crippen MR) is 55.2 cm³/mol. The third-order valence-corrected chi connectivity index (χ3v) is 1.56. The topological polar surface area (TPSA) is 59.1 Å². The molecule has 0 aliphatic carbocycles. The molecular formula is C11H10N2O2. The maximum atomic E-state index is 10.5. The number of carbonyl (C=O) groups excluding carboxylic acids is 2. The van der Waals surface area contributed by atoms with Crippen molar-refractivity contribution in [1.82, 2.24) is 10.3 Å². The number of nitrogens with zero attached hydrogens (tertiary/aromatic N) is 1. The molecule has 1 rings (SSSR count). The van der Waals surface area contributed by atoms with Crippen LogP contribution in [-0.4, -0.2) is 23.7 Å². The number of hydrogen-bond acceptors (Lipinski definition) is 3. The predicted octanol–water partition coefficient (Wildman–Crippen LogP) is 0.382. The molecule has 15 heavy (non-hydrogen) atoms. The van der Waals surface area contributed by atoms with Crippen molar-refractivity contribution in [3.8, 4) is 11.8 Å². The fraction of sp³-hybridized carbons (Fsp3) is 0.182. The standard InChI is InChI=1S/C11H10N2O2/c1-9(15)12-6-2-3-11-5-4-10(8-14)7-13-11/h4-5,7-8H,6H2,1H3,(H,12,15). The molecule has 0 unspecified atom stereocenters. The molecule has 0 saturated carbocycles. The van der Waals surface area contributed by atoms with E-state index in [1.54, 1.807) is 12.1 Å². The smallest absolute Gasteiger partial charge is 0.217 e. The van der Waals surface area contributed by atoms with E-state index in [0.717, 1.165) is 6.29 Å². The number of aromatic nitrogens is 1. The zero-order valence-corrected chi connectivity index (χ0v) is 8.28. The van der Waals surface area contributed by atoms with Gasteiger partial charge < -0.3 is 5.32 Å². The lowest BCUT2D eigenvalue weighted by molar-refractivity contribution is -0.118. The number of rotatable bonds is 2. The van der Waals surface area contributed by atoms with Gasteiger partial charge in [0.25, 0.3) is 0 Å². The fourth-order valence-corrected chi connectivity index (χ4v) is 0.852. The summed E-state index contributed by atoms with van der Waals surface area (Å²) in [5.41, 5.74) is 1.09. The van der Waals surface area contributed by atoms with Crippen molar-refractivity contribution >= 4 is 12.2 Å². The van der Waals surface area contributed by atoms with Gasteiger partial charge in [0.15, 0.2) is 6.29 Å². The first kappa shape index (κ1) is 10.9. The molecule has 0 aromatic carbocycles. The maximum Gasteiger partial charge on any atom is 0.217 e. The second-order valence-electron chi connectivity index (χ2n) is 2.81. The van der Waals surface area contributed by atoms with Crippen molar-refractivity contribution in [3.63, 3.8) is 0 Å². The molecule has 1 N–H and O–H groups in total. The summed E-state index contributed by atoms with van der Waals surface area (Å²) in [6, 6.07) is 3.30. The van der Waals surface area contributed by atoms with Gasteiger partial charge in [0, 0.05) is 18.7 Å². The van der Waals surface area contributed by atoms with E-state index in [9.17, 15) is 9.59 Å². The summed E-state index contributed by atoms with van der Waals surface area (Å²) in [4.78, 5) is 24.8. The van der Waals surface area contributed by atoms with E-state index in [1.807, 2.05) is 0 Å². The average molecular weight is 202 g/mol. The number of carbonyl (C=O) groups is 2. The van der Waals surface area contributed by atoms with Crippen LogP contribution in [0.4, 0.5) is 0 Å². The summed E-state index contributed by atoms with van der Waals surface area (Å²) in [6.07, 6.45) is 2.18. The Bertz CT molecular complexity index is 412. The number of aldehydes is 1. The van der Waals surface area contributed by atoms with E-state index in [-0.39, 0.29) is 5.91 Å². The average Bonchev–Trinajstić information content (AvgIpc) is 2.25. The van der Waals surface area contributed by atoms with Crippen molar-refractivity contribution in [3.05, 3.63) is 29.6 Å². The summed E-state index contributed by atoms with van der Waals surface area (Å²) in [7, 11) is 0. The number of nitrogens with one attached hydrogen (secondary N) is 1. The van der Waals surface area contributed by atoms with Crippen LogP contribution in [-0.2, 0) is 4.79 Å². The molecule has 0 aliphatic heterocycles. The van der Waals surface area contributed by atoms with Gasteiger partial charge in [-0.25, -0.2) is 4.98 Å². The van der Waals surface area contributed by atoms with E-state index >= 15 is 0 Å². The van der Waals surface area contributed by atoms with Crippen molar-refractivity contribution in [2.24, 2.45) is 0 Å². The van der Waals surface area contributed by atoms with Gasteiger partial charge in [-0.15, -0.1) is 0 Å². The van der Waals surface area contributed by atoms with Crippen LogP contribution in [0.15, 0.2) is 18.3 Å². The molecule has 1 aromatic rings. The molecule has 1 amide bonds. The number of pyridine rings is 1. The normalized spacial score (nSPS) is 8.60. The van der Waals surface area contributed by atoms with E-state index in [4.69, 9.17) is 0 Å². The molecule has 1 aromatic heterocycles. The number of hydrogen-bond donors (Lipinski definition) is 1. The number of amides is 1. The Labute approximate surface area is 87.7 Å². The molecular weight excluding hydrogens is 192 g/mol. The fourth-order valence-electron chi connectivity index (χ4n) is 0.852. The Balaban J connectivity index is 2.56. The molecule has 0 spiro atoms. The Hall–Kier alpha value is -2.15. The summed E-state index contributed by atoms with van der Waals surface area (Å²) < 4.78 is 0. The van der Waals surface area contributed by atoms with Crippen molar-refractivity contribution in [1.29, 1.82) is 0 Å². The highest BCUT2D eigenvalue weighted by Crippen LogP contribution is 1.95. The first-order valence-corrected chi connectivity index (χ1v) is 4.37. The van der Waals surface area contributed by atoms with Crippen LogP contribution >= 0.6 is 0 Å². The second kappa shape index (κ2) is 5.55. The first-order valence-electron chi connectivity index (χ1n) is 4.37. The van der Waals surface area contributed by atoms with Gasteiger partial charge in [-0.05, 0) is 18.1 Å². The minimum Gasteiger partial charge on any atom is -0.345 e. The molecule has 0 fully saturated rings. The third-order valence-electron chi connectivity index (χ3n) is 1.56. The van der Waals surface area contributed by atoms with Crippen molar-refractivity contribution in [2.75, 3.05) is 6.54 Å². The molecule has 1 heterocycles. The zero-order valence-electron chi connectivity index (χ0n) is 8.28. The highest BCUT2D eigenvalue weighted by molar-refractivity contribution is 5.74. The summed E-state index contributed by atoms with van der Waals surface area (Å²) >= 11 is 0. The third kappa shape index (κ3) is 4.05. The Kier molecular flexibility index (Phi) is 4.05. The van der Waals surface area contributed by atoms with Gasteiger partial charge in [-0.3, -0.25) is 9.59 Å². The van der Waals surface area contributed by atoms with Gasteiger partial charge in [0.2, 0.25) is 5.91 Å². The quantitative estimate of drug-likeness (QED) is 0.557. The highest BCUT2D eigenvalue weighted by atomic mass is 16.1. The van der Waals surface area contributed by atoms with Gasteiger partial charge >= 0.3 is 0 Å². The van der Waals surface area contributed by atoms with Crippen LogP contribution in [0.2, 0.25) is 0 Å². The molecule has 4 heteroatoms. The monoisotopic (exact) mass is 202 g/mol. The van der Waals surface area contributed by atoms with E-state index in [1.165, 1.54) is 13.1 Å².